The third-order valence-electron chi connectivity index (χ3n) is 3.07. The number of nitrogens with zero attached hydrogens (tertiary/aromatic N) is 1. The van der Waals surface area contributed by atoms with E-state index in [2.05, 4.69) is 31.9 Å². The van der Waals surface area contributed by atoms with Crippen LogP contribution in [0.2, 0.25) is 0 Å². The van der Waals surface area contributed by atoms with Crippen LogP contribution < -0.4 is 0 Å². The lowest BCUT2D eigenvalue weighted by Crippen LogP contribution is -2.35. The van der Waals surface area contributed by atoms with Crippen LogP contribution in [0, 0.1) is 6.92 Å². The van der Waals surface area contributed by atoms with Crippen molar-refractivity contribution in [2.24, 2.45) is 0 Å². The first-order valence-corrected chi connectivity index (χ1v) is 7.68. The fraction of sp³-hybridized carbons (Fsp3) is 0.462. The zero-order valence-electron chi connectivity index (χ0n) is 9.75. The van der Waals surface area contributed by atoms with E-state index >= 15 is 0 Å². The molecule has 0 atom stereocenters. The molecular formula is C13H15Br2NO. The first kappa shape index (κ1) is 13.1. The summed E-state index contributed by atoms with van der Waals surface area (Å²) in [7, 11) is 0. The fourth-order valence-electron chi connectivity index (χ4n) is 1.92. The van der Waals surface area contributed by atoms with Crippen molar-refractivity contribution >= 4 is 37.8 Å². The Morgan fingerprint density at radius 3 is 2.76 bits per heavy atom. The molecule has 1 fully saturated rings. The molecule has 0 bridgehead atoms. The van der Waals surface area contributed by atoms with Gasteiger partial charge in [-0.15, -0.1) is 0 Å². The molecule has 1 aromatic rings. The Hall–Kier alpha value is -0.350. The van der Waals surface area contributed by atoms with Crippen molar-refractivity contribution in [3.05, 3.63) is 33.8 Å². The van der Waals surface area contributed by atoms with Gasteiger partial charge in [0, 0.05) is 28.0 Å². The lowest BCUT2D eigenvalue weighted by Gasteiger charge is -2.22. The van der Waals surface area contributed by atoms with E-state index in [1.54, 1.807) is 0 Å². The Kier molecular flexibility index (Phi) is 4.26. The Bertz CT molecular complexity index is 429. The van der Waals surface area contributed by atoms with E-state index < -0.39 is 0 Å². The number of benzene rings is 1. The van der Waals surface area contributed by atoms with Gasteiger partial charge in [-0.05, 0) is 37.5 Å². The molecule has 0 saturated heterocycles. The van der Waals surface area contributed by atoms with Gasteiger partial charge in [0.05, 0.1) is 0 Å². The topological polar surface area (TPSA) is 20.3 Å². The zero-order chi connectivity index (χ0) is 12.4. The molecule has 92 valence electrons. The summed E-state index contributed by atoms with van der Waals surface area (Å²) in [5, 5.41) is 0.836. The van der Waals surface area contributed by atoms with Crippen molar-refractivity contribution in [3.8, 4) is 0 Å². The smallest absolute Gasteiger partial charge is 0.254 e. The molecule has 0 spiro atoms. The molecule has 0 radical (unpaired) electrons. The van der Waals surface area contributed by atoms with Crippen molar-refractivity contribution in [2.75, 3.05) is 11.9 Å². The van der Waals surface area contributed by atoms with E-state index in [1.807, 2.05) is 30.0 Å². The number of hydrogen-bond donors (Lipinski definition) is 0. The molecule has 0 unspecified atom stereocenters. The highest BCUT2D eigenvalue weighted by atomic mass is 79.9. The van der Waals surface area contributed by atoms with Gasteiger partial charge in [-0.25, -0.2) is 0 Å². The van der Waals surface area contributed by atoms with Crippen LogP contribution in [0.25, 0.3) is 0 Å². The molecule has 1 saturated carbocycles. The SMILES string of the molecule is Cc1c(Br)cccc1C(=O)N(CCBr)C1CC1. The van der Waals surface area contributed by atoms with Crippen LogP contribution in [0.5, 0.6) is 0 Å². The van der Waals surface area contributed by atoms with Gasteiger partial charge in [0.1, 0.15) is 0 Å². The van der Waals surface area contributed by atoms with Gasteiger partial charge in [0.15, 0.2) is 0 Å². The van der Waals surface area contributed by atoms with Crippen LogP contribution in [-0.2, 0) is 0 Å². The summed E-state index contributed by atoms with van der Waals surface area (Å²) in [6.07, 6.45) is 2.29. The minimum atomic E-state index is 0.158. The number of carbonyl (C=O) groups is 1. The monoisotopic (exact) mass is 359 g/mol. The summed E-state index contributed by atoms with van der Waals surface area (Å²) in [6, 6.07) is 6.26. The quantitative estimate of drug-likeness (QED) is 0.748. The number of alkyl halides is 1. The van der Waals surface area contributed by atoms with Crippen LogP contribution in [0.1, 0.15) is 28.8 Å². The van der Waals surface area contributed by atoms with Gasteiger partial charge in [0.25, 0.3) is 5.91 Å². The molecule has 0 N–H and O–H groups in total. The maximum atomic E-state index is 12.5. The second-order valence-electron chi connectivity index (χ2n) is 4.33. The predicted octanol–water partition coefficient (Wildman–Crippen LogP) is 3.76. The average molecular weight is 361 g/mol. The van der Waals surface area contributed by atoms with E-state index in [0.717, 1.165) is 40.3 Å². The number of hydrogen-bond acceptors (Lipinski definition) is 1. The van der Waals surface area contributed by atoms with Crippen molar-refractivity contribution in [3.63, 3.8) is 0 Å². The maximum absolute atomic E-state index is 12.5. The molecule has 1 aliphatic rings. The second kappa shape index (κ2) is 5.53. The van der Waals surface area contributed by atoms with Crippen LogP contribution in [-0.4, -0.2) is 28.7 Å². The maximum Gasteiger partial charge on any atom is 0.254 e. The third kappa shape index (κ3) is 2.91. The van der Waals surface area contributed by atoms with Crippen LogP contribution in [0.15, 0.2) is 22.7 Å². The van der Waals surface area contributed by atoms with Gasteiger partial charge in [0.2, 0.25) is 0 Å². The summed E-state index contributed by atoms with van der Waals surface area (Å²) in [6.45, 7) is 2.77. The molecule has 2 rings (SSSR count). The highest BCUT2D eigenvalue weighted by Crippen LogP contribution is 2.29. The highest BCUT2D eigenvalue weighted by molar-refractivity contribution is 9.10. The fourth-order valence-corrected chi connectivity index (χ4v) is 2.67. The molecular weight excluding hydrogens is 346 g/mol. The van der Waals surface area contributed by atoms with E-state index in [9.17, 15) is 4.79 Å². The number of carbonyl (C=O) groups excluding carboxylic acids is 1. The molecule has 17 heavy (non-hydrogen) atoms. The summed E-state index contributed by atoms with van der Waals surface area (Å²) < 4.78 is 0.998. The second-order valence-corrected chi connectivity index (χ2v) is 5.98. The standard InChI is InChI=1S/C13H15Br2NO/c1-9-11(3-2-4-12(9)15)13(17)16(8-7-14)10-5-6-10/h2-4,10H,5-8H2,1H3. The molecule has 0 aromatic heterocycles. The summed E-state index contributed by atoms with van der Waals surface area (Å²) in [4.78, 5) is 14.5. The molecule has 1 amide bonds. The lowest BCUT2D eigenvalue weighted by molar-refractivity contribution is 0.0754. The minimum Gasteiger partial charge on any atom is -0.335 e. The molecule has 0 heterocycles. The van der Waals surface area contributed by atoms with E-state index in [0.29, 0.717) is 6.04 Å². The predicted molar refractivity (Wildman–Crippen MR) is 76.7 cm³/mol. The Labute approximate surface area is 119 Å². The van der Waals surface area contributed by atoms with Gasteiger partial charge in [-0.2, -0.15) is 0 Å². The van der Waals surface area contributed by atoms with Crippen molar-refractivity contribution < 1.29 is 4.79 Å². The van der Waals surface area contributed by atoms with E-state index in [-0.39, 0.29) is 5.91 Å². The largest absolute Gasteiger partial charge is 0.335 e. The lowest BCUT2D eigenvalue weighted by atomic mass is 10.1. The summed E-state index contributed by atoms with van der Waals surface area (Å²) >= 11 is 6.89. The molecule has 0 aliphatic heterocycles. The van der Waals surface area contributed by atoms with Crippen LogP contribution in [0.3, 0.4) is 0 Å². The number of rotatable bonds is 4. The third-order valence-corrected chi connectivity index (χ3v) is 4.29. The first-order chi connectivity index (χ1) is 8.15. The number of halogens is 2. The Morgan fingerprint density at radius 2 is 2.18 bits per heavy atom. The average Bonchev–Trinajstić information content (AvgIpc) is 3.13. The Morgan fingerprint density at radius 1 is 1.47 bits per heavy atom. The van der Waals surface area contributed by atoms with Gasteiger partial charge >= 0.3 is 0 Å². The van der Waals surface area contributed by atoms with Crippen molar-refractivity contribution in [1.82, 2.24) is 4.90 Å². The zero-order valence-corrected chi connectivity index (χ0v) is 12.9. The van der Waals surface area contributed by atoms with Gasteiger partial charge in [-0.1, -0.05) is 37.9 Å². The summed E-state index contributed by atoms with van der Waals surface area (Å²) in [5.41, 5.74) is 1.84. The molecule has 2 nitrogen and oxygen atoms in total. The molecule has 1 aliphatic carbocycles. The van der Waals surface area contributed by atoms with Gasteiger partial charge < -0.3 is 4.90 Å². The molecule has 1 aromatic carbocycles. The first-order valence-electron chi connectivity index (χ1n) is 5.77. The minimum absolute atomic E-state index is 0.158. The summed E-state index contributed by atoms with van der Waals surface area (Å²) in [5.74, 6) is 0.158. The highest BCUT2D eigenvalue weighted by Gasteiger charge is 2.33. The normalized spacial score (nSPS) is 14.8. The molecule has 4 heteroatoms. The number of amides is 1. The van der Waals surface area contributed by atoms with Crippen molar-refractivity contribution in [2.45, 2.75) is 25.8 Å². The van der Waals surface area contributed by atoms with E-state index in [1.165, 1.54) is 0 Å². The van der Waals surface area contributed by atoms with Crippen LogP contribution >= 0.6 is 31.9 Å². The van der Waals surface area contributed by atoms with Crippen molar-refractivity contribution in [1.29, 1.82) is 0 Å². The Balaban J connectivity index is 2.25. The van der Waals surface area contributed by atoms with E-state index in [4.69, 9.17) is 0 Å². The van der Waals surface area contributed by atoms with Crippen LogP contribution in [0.4, 0.5) is 0 Å². The van der Waals surface area contributed by atoms with Gasteiger partial charge in [-0.3, -0.25) is 4.79 Å².